The standard InChI is InChI=1S/C18H25N5O2S/c1-6-12-7-9-13(10-8-12)14-19-17(23-22-14)26-11(2)15(24)20-16(25)21-18(3,4)5/h7-11H,6H2,1-5H3,(H,19,22,23)(H2,20,21,24,25)/t11-/m0/s1. The summed E-state index contributed by atoms with van der Waals surface area (Å²) < 4.78 is 0. The third-order valence-corrected chi connectivity index (χ3v) is 4.44. The van der Waals surface area contributed by atoms with Crippen molar-refractivity contribution >= 4 is 23.7 Å². The molecule has 1 aromatic carbocycles. The molecule has 3 amide bonds. The van der Waals surface area contributed by atoms with Crippen LogP contribution in [-0.2, 0) is 11.2 Å². The Balaban J connectivity index is 1.94. The number of hydrogen-bond donors (Lipinski definition) is 3. The number of thioether (sulfide) groups is 1. The molecule has 2 aromatic rings. The summed E-state index contributed by atoms with van der Waals surface area (Å²) in [5.74, 6) is 0.253. The van der Waals surface area contributed by atoms with Crippen LogP contribution in [0.15, 0.2) is 29.4 Å². The molecule has 3 N–H and O–H groups in total. The van der Waals surface area contributed by atoms with E-state index in [4.69, 9.17) is 0 Å². The van der Waals surface area contributed by atoms with Crippen molar-refractivity contribution in [1.29, 1.82) is 0 Å². The summed E-state index contributed by atoms with van der Waals surface area (Å²) >= 11 is 1.19. The van der Waals surface area contributed by atoms with Crippen molar-refractivity contribution < 1.29 is 9.59 Å². The summed E-state index contributed by atoms with van der Waals surface area (Å²) in [5.41, 5.74) is 1.78. The van der Waals surface area contributed by atoms with Gasteiger partial charge in [0.1, 0.15) is 0 Å². The molecule has 0 aliphatic carbocycles. The lowest BCUT2D eigenvalue weighted by Gasteiger charge is -2.20. The number of rotatable bonds is 5. The van der Waals surface area contributed by atoms with Gasteiger partial charge in [0.25, 0.3) is 0 Å². The highest BCUT2D eigenvalue weighted by atomic mass is 32.2. The first-order valence-electron chi connectivity index (χ1n) is 8.49. The Morgan fingerprint density at radius 3 is 2.46 bits per heavy atom. The minimum Gasteiger partial charge on any atom is -0.333 e. The van der Waals surface area contributed by atoms with Crippen LogP contribution in [0.3, 0.4) is 0 Å². The van der Waals surface area contributed by atoms with E-state index in [0.29, 0.717) is 11.0 Å². The number of carbonyl (C=O) groups excluding carboxylic acids is 2. The second-order valence-electron chi connectivity index (χ2n) is 6.97. The van der Waals surface area contributed by atoms with Crippen LogP contribution in [0.1, 0.15) is 40.2 Å². The zero-order valence-corrected chi connectivity index (χ0v) is 16.5. The molecule has 0 fully saturated rings. The van der Waals surface area contributed by atoms with Gasteiger partial charge in [-0.25, -0.2) is 9.78 Å². The second-order valence-corrected chi connectivity index (χ2v) is 8.28. The molecule has 0 radical (unpaired) electrons. The van der Waals surface area contributed by atoms with E-state index in [-0.39, 0.29) is 0 Å². The molecule has 8 heteroatoms. The molecule has 0 bridgehead atoms. The van der Waals surface area contributed by atoms with Gasteiger partial charge in [-0.1, -0.05) is 43.0 Å². The average molecular weight is 375 g/mol. The van der Waals surface area contributed by atoms with Gasteiger partial charge >= 0.3 is 6.03 Å². The topological polar surface area (TPSA) is 99.8 Å². The monoisotopic (exact) mass is 375 g/mol. The molecule has 2 rings (SSSR count). The molecule has 7 nitrogen and oxygen atoms in total. The minimum atomic E-state index is -0.512. The van der Waals surface area contributed by atoms with Gasteiger partial charge in [-0.05, 0) is 39.7 Å². The third-order valence-electron chi connectivity index (χ3n) is 3.48. The van der Waals surface area contributed by atoms with Crippen LogP contribution in [0.4, 0.5) is 4.79 Å². The fraction of sp³-hybridized carbons (Fsp3) is 0.444. The Labute approximate surface area is 157 Å². The summed E-state index contributed by atoms with van der Waals surface area (Å²) in [5, 5.41) is 12.0. The predicted molar refractivity (Wildman–Crippen MR) is 103 cm³/mol. The average Bonchev–Trinajstić information content (AvgIpc) is 3.01. The van der Waals surface area contributed by atoms with Crippen molar-refractivity contribution in [3.8, 4) is 11.4 Å². The van der Waals surface area contributed by atoms with Crippen LogP contribution < -0.4 is 10.6 Å². The van der Waals surface area contributed by atoms with Crippen molar-refractivity contribution in [3.05, 3.63) is 29.8 Å². The van der Waals surface area contributed by atoms with Crippen molar-refractivity contribution in [2.75, 3.05) is 0 Å². The Bertz CT molecular complexity index is 765. The maximum absolute atomic E-state index is 12.1. The van der Waals surface area contributed by atoms with E-state index in [1.807, 2.05) is 32.9 Å². The number of aromatic nitrogens is 3. The van der Waals surface area contributed by atoms with Crippen LogP contribution in [0.5, 0.6) is 0 Å². The summed E-state index contributed by atoms with van der Waals surface area (Å²) in [6.07, 6.45) is 0.979. The number of carbonyl (C=O) groups is 2. The molecule has 0 aliphatic rings. The summed E-state index contributed by atoms with van der Waals surface area (Å²) in [4.78, 5) is 28.3. The highest BCUT2D eigenvalue weighted by Gasteiger charge is 2.21. The normalized spacial score (nSPS) is 12.5. The molecule has 0 unspecified atom stereocenters. The van der Waals surface area contributed by atoms with Gasteiger partial charge in [0.2, 0.25) is 11.1 Å². The fourth-order valence-electron chi connectivity index (χ4n) is 2.12. The van der Waals surface area contributed by atoms with E-state index >= 15 is 0 Å². The Morgan fingerprint density at radius 2 is 1.88 bits per heavy atom. The molecule has 0 aliphatic heterocycles. The van der Waals surface area contributed by atoms with Crippen LogP contribution in [0, 0.1) is 0 Å². The smallest absolute Gasteiger partial charge is 0.321 e. The number of aryl methyl sites for hydroxylation is 1. The predicted octanol–water partition coefficient (Wildman–Crippen LogP) is 3.14. The molecule has 140 valence electrons. The quantitative estimate of drug-likeness (QED) is 0.697. The molecule has 0 spiro atoms. The summed E-state index contributed by atoms with van der Waals surface area (Å²) in [7, 11) is 0. The van der Waals surface area contributed by atoms with Crippen LogP contribution in [-0.4, -0.2) is 37.9 Å². The van der Waals surface area contributed by atoms with Crippen molar-refractivity contribution in [2.45, 2.75) is 57.0 Å². The molecular formula is C18H25N5O2S. The molecule has 0 saturated carbocycles. The number of hydrogen-bond acceptors (Lipinski definition) is 5. The molecule has 1 aromatic heterocycles. The minimum absolute atomic E-state index is 0.393. The highest BCUT2D eigenvalue weighted by Crippen LogP contribution is 2.23. The third kappa shape index (κ3) is 5.87. The largest absolute Gasteiger partial charge is 0.333 e. The second kappa shape index (κ2) is 8.35. The van der Waals surface area contributed by atoms with Gasteiger partial charge in [-0.3, -0.25) is 15.2 Å². The molecule has 1 heterocycles. The number of H-pyrrole nitrogens is 1. The zero-order valence-electron chi connectivity index (χ0n) is 15.7. The van der Waals surface area contributed by atoms with E-state index < -0.39 is 22.7 Å². The van der Waals surface area contributed by atoms with E-state index in [1.54, 1.807) is 6.92 Å². The number of nitrogens with one attached hydrogen (secondary N) is 3. The fourth-order valence-corrected chi connectivity index (χ4v) is 2.85. The van der Waals surface area contributed by atoms with Gasteiger partial charge in [0, 0.05) is 11.1 Å². The Kier molecular flexibility index (Phi) is 6.42. The van der Waals surface area contributed by atoms with Gasteiger partial charge in [-0.15, -0.1) is 5.10 Å². The summed E-state index contributed by atoms with van der Waals surface area (Å²) in [6, 6.07) is 7.56. The zero-order chi connectivity index (χ0) is 19.3. The number of aromatic amines is 1. The first-order valence-corrected chi connectivity index (χ1v) is 9.37. The van der Waals surface area contributed by atoms with Gasteiger partial charge in [0.05, 0.1) is 5.25 Å². The van der Waals surface area contributed by atoms with Gasteiger partial charge in [-0.2, -0.15) is 0 Å². The Hall–Kier alpha value is -2.35. The maximum atomic E-state index is 12.1. The number of urea groups is 1. The molecule has 26 heavy (non-hydrogen) atoms. The first kappa shape index (κ1) is 20.0. The number of benzene rings is 1. The first-order chi connectivity index (χ1) is 12.2. The maximum Gasteiger partial charge on any atom is 0.321 e. The van der Waals surface area contributed by atoms with E-state index in [9.17, 15) is 9.59 Å². The SMILES string of the molecule is CCc1ccc(-c2nc(S[C@@H](C)C(=O)NC(=O)NC(C)(C)C)n[nH]2)cc1. The summed E-state index contributed by atoms with van der Waals surface area (Å²) in [6.45, 7) is 9.34. The van der Waals surface area contributed by atoms with Crippen molar-refractivity contribution in [2.24, 2.45) is 0 Å². The number of imide groups is 1. The number of amides is 3. The molecular weight excluding hydrogens is 350 g/mol. The number of nitrogens with zero attached hydrogens (tertiary/aromatic N) is 2. The van der Waals surface area contributed by atoms with Gasteiger partial charge in [0.15, 0.2) is 5.82 Å². The highest BCUT2D eigenvalue weighted by molar-refractivity contribution is 8.00. The molecule has 0 saturated heterocycles. The van der Waals surface area contributed by atoms with Crippen LogP contribution in [0.2, 0.25) is 0 Å². The van der Waals surface area contributed by atoms with Crippen molar-refractivity contribution in [1.82, 2.24) is 25.8 Å². The lowest BCUT2D eigenvalue weighted by molar-refractivity contribution is -0.119. The van der Waals surface area contributed by atoms with E-state index in [2.05, 4.69) is 44.9 Å². The molecule has 1 atom stereocenters. The van der Waals surface area contributed by atoms with Crippen LogP contribution in [0.25, 0.3) is 11.4 Å². The Morgan fingerprint density at radius 1 is 1.23 bits per heavy atom. The van der Waals surface area contributed by atoms with Crippen LogP contribution >= 0.6 is 11.8 Å². The van der Waals surface area contributed by atoms with Crippen molar-refractivity contribution in [3.63, 3.8) is 0 Å². The van der Waals surface area contributed by atoms with E-state index in [1.165, 1.54) is 17.3 Å². The van der Waals surface area contributed by atoms with Gasteiger partial charge < -0.3 is 5.32 Å². The lowest BCUT2D eigenvalue weighted by atomic mass is 10.1. The van der Waals surface area contributed by atoms with E-state index in [0.717, 1.165) is 12.0 Å². The lowest BCUT2D eigenvalue weighted by Crippen LogP contribution is -2.49.